The van der Waals surface area contributed by atoms with Gasteiger partial charge in [0.05, 0.1) is 6.54 Å². The minimum absolute atomic E-state index is 0.0445. The van der Waals surface area contributed by atoms with Gasteiger partial charge in [-0.25, -0.2) is 0 Å². The molecule has 110 valence electrons. The highest BCUT2D eigenvalue weighted by Gasteiger charge is 2.15. The summed E-state index contributed by atoms with van der Waals surface area (Å²) in [6.07, 6.45) is 4.96. The average molecular weight is 275 g/mol. The lowest BCUT2D eigenvalue weighted by molar-refractivity contribution is -0.115. The van der Waals surface area contributed by atoms with Crippen LogP contribution in [0.4, 0.5) is 5.69 Å². The number of anilines is 1. The van der Waals surface area contributed by atoms with Gasteiger partial charge >= 0.3 is 0 Å². The molecule has 2 rings (SSSR count). The van der Waals surface area contributed by atoms with E-state index in [1.165, 1.54) is 25.7 Å². The summed E-state index contributed by atoms with van der Waals surface area (Å²) in [4.78, 5) is 14.1. The summed E-state index contributed by atoms with van der Waals surface area (Å²) in [7, 11) is 4.06. The second kappa shape index (κ2) is 7.41. The number of carbonyl (C=O) groups excluding carboxylic acids is 1. The normalized spacial score (nSPS) is 15.8. The van der Waals surface area contributed by atoms with Crippen LogP contribution in [0.1, 0.15) is 31.2 Å². The van der Waals surface area contributed by atoms with Gasteiger partial charge in [-0.2, -0.15) is 0 Å². The zero-order chi connectivity index (χ0) is 14.4. The van der Waals surface area contributed by atoms with Crippen LogP contribution in [0.15, 0.2) is 24.3 Å². The highest BCUT2D eigenvalue weighted by molar-refractivity contribution is 5.93. The molecular weight excluding hydrogens is 250 g/mol. The van der Waals surface area contributed by atoms with E-state index >= 15 is 0 Å². The first-order valence-electron chi connectivity index (χ1n) is 7.41. The number of para-hydroxylation sites is 1. The minimum atomic E-state index is 0.0445. The second-order valence-electron chi connectivity index (χ2n) is 5.81. The Hall–Kier alpha value is -1.39. The molecule has 2 N–H and O–H groups in total. The molecule has 1 aliphatic rings. The van der Waals surface area contributed by atoms with Crippen molar-refractivity contribution in [1.82, 2.24) is 10.2 Å². The number of rotatable bonds is 6. The highest BCUT2D eigenvalue weighted by atomic mass is 16.1. The fourth-order valence-corrected chi connectivity index (χ4v) is 2.68. The third kappa shape index (κ3) is 4.62. The fraction of sp³-hybridized carbons (Fsp3) is 0.562. The molecule has 0 spiro atoms. The predicted molar refractivity (Wildman–Crippen MR) is 82.7 cm³/mol. The third-order valence-corrected chi connectivity index (χ3v) is 3.68. The molecule has 0 aliphatic heterocycles. The van der Waals surface area contributed by atoms with Crippen molar-refractivity contribution in [3.63, 3.8) is 0 Å². The van der Waals surface area contributed by atoms with E-state index in [1.807, 2.05) is 32.3 Å². The molecule has 0 radical (unpaired) electrons. The summed E-state index contributed by atoms with van der Waals surface area (Å²) in [5, 5.41) is 6.35. The van der Waals surface area contributed by atoms with Gasteiger partial charge in [0, 0.05) is 18.3 Å². The van der Waals surface area contributed by atoms with Gasteiger partial charge in [-0.05, 0) is 38.6 Å². The summed E-state index contributed by atoms with van der Waals surface area (Å²) in [6.45, 7) is 1.23. The predicted octanol–water partition coefficient (Wildman–Crippen LogP) is 2.22. The standard InChI is InChI=1S/C16H25N3O/c1-19(2)12-13-7-3-6-10-15(13)18-16(20)11-17-14-8-4-5-9-14/h3,6-7,10,14,17H,4-5,8-9,11-12H2,1-2H3,(H,18,20). The smallest absolute Gasteiger partial charge is 0.238 e. The van der Waals surface area contributed by atoms with E-state index in [4.69, 9.17) is 0 Å². The van der Waals surface area contributed by atoms with E-state index in [-0.39, 0.29) is 5.91 Å². The molecule has 0 aromatic heterocycles. The Morgan fingerprint density at radius 3 is 2.65 bits per heavy atom. The molecule has 1 aromatic rings. The maximum Gasteiger partial charge on any atom is 0.238 e. The molecule has 0 atom stereocenters. The van der Waals surface area contributed by atoms with Crippen molar-refractivity contribution in [3.8, 4) is 0 Å². The molecule has 0 heterocycles. The van der Waals surface area contributed by atoms with Crippen LogP contribution in [0.2, 0.25) is 0 Å². The average Bonchev–Trinajstić information content (AvgIpc) is 2.91. The zero-order valence-electron chi connectivity index (χ0n) is 12.5. The lowest BCUT2D eigenvalue weighted by atomic mass is 10.1. The fourth-order valence-electron chi connectivity index (χ4n) is 2.68. The molecule has 0 saturated heterocycles. The SMILES string of the molecule is CN(C)Cc1ccccc1NC(=O)CNC1CCCC1. The Balaban J connectivity index is 1.86. The van der Waals surface area contributed by atoms with Gasteiger partial charge in [0.25, 0.3) is 0 Å². The minimum Gasteiger partial charge on any atom is -0.325 e. The van der Waals surface area contributed by atoms with E-state index in [1.54, 1.807) is 0 Å². The molecule has 0 unspecified atom stereocenters. The topological polar surface area (TPSA) is 44.4 Å². The molecule has 1 saturated carbocycles. The lowest BCUT2D eigenvalue weighted by Gasteiger charge is -2.16. The maximum absolute atomic E-state index is 12.0. The third-order valence-electron chi connectivity index (χ3n) is 3.68. The number of amides is 1. The van der Waals surface area contributed by atoms with Gasteiger partial charge in [-0.1, -0.05) is 31.0 Å². The molecule has 1 aliphatic carbocycles. The Bertz CT molecular complexity index is 439. The van der Waals surface area contributed by atoms with Gasteiger partial charge in [0.1, 0.15) is 0 Å². The summed E-state index contributed by atoms with van der Waals surface area (Å²) in [5.74, 6) is 0.0445. The molecule has 4 nitrogen and oxygen atoms in total. The number of benzene rings is 1. The molecule has 1 aromatic carbocycles. The van der Waals surface area contributed by atoms with Gasteiger partial charge in [0.15, 0.2) is 0 Å². The van der Waals surface area contributed by atoms with Crippen LogP contribution in [-0.2, 0) is 11.3 Å². The van der Waals surface area contributed by atoms with E-state index in [0.29, 0.717) is 12.6 Å². The van der Waals surface area contributed by atoms with Gasteiger partial charge < -0.3 is 15.5 Å². The monoisotopic (exact) mass is 275 g/mol. The van der Waals surface area contributed by atoms with Crippen molar-refractivity contribution in [1.29, 1.82) is 0 Å². The Kier molecular flexibility index (Phi) is 5.56. The number of nitrogens with one attached hydrogen (secondary N) is 2. The number of carbonyl (C=O) groups is 1. The first-order chi connectivity index (χ1) is 9.65. The summed E-state index contributed by atoms with van der Waals surface area (Å²) >= 11 is 0. The summed E-state index contributed by atoms with van der Waals surface area (Å²) in [5.41, 5.74) is 2.06. The van der Waals surface area contributed by atoms with Crippen LogP contribution >= 0.6 is 0 Å². The van der Waals surface area contributed by atoms with Crippen molar-refractivity contribution >= 4 is 11.6 Å². The van der Waals surface area contributed by atoms with Crippen molar-refractivity contribution in [3.05, 3.63) is 29.8 Å². The molecule has 1 amide bonds. The van der Waals surface area contributed by atoms with Crippen molar-refractivity contribution in [2.24, 2.45) is 0 Å². The van der Waals surface area contributed by atoms with Crippen LogP contribution in [0.3, 0.4) is 0 Å². The van der Waals surface area contributed by atoms with Crippen LogP contribution in [0, 0.1) is 0 Å². The van der Waals surface area contributed by atoms with Crippen LogP contribution in [-0.4, -0.2) is 37.5 Å². The van der Waals surface area contributed by atoms with Gasteiger partial charge in [0.2, 0.25) is 5.91 Å². The van der Waals surface area contributed by atoms with E-state index in [9.17, 15) is 4.79 Å². The van der Waals surface area contributed by atoms with Crippen LogP contribution in [0.25, 0.3) is 0 Å². The number of hydrogen-bond donors (Lipinski definition) is 2. The maximum atomic E-state index is 12.0. The largest absolute Gasteiger partial charge is 0.325 e. The number of hydrogen-bond acceptors (Lipinski definition) is 3. The van der Waals surface area contributed by atoms with Crippen LogP contribution in [0.5, 0.6) is 0 Å². The Morgan fingerprint density at radius 2 is 1.95 bits per heavy atom. The van der Waals surface area contributed by atoms with Crippen LogP contribution < -0.4 is 10.6 Å². The first kappa shape index (κ1) is 15.0. The van der Waals surface area contributed by atoms with E-state index < -0.39 is 0 Å². The first-order valence-corrected chi connectivity index (χ1v) is 7.41. The molecule has 20 heavy (non-hydrogen) atoms. The molecule has 0 bridgehead atoms. The molecule has 1 fully saturated rings. The Morgan fingerprint density at radius 1 is 1.25 bits per heavy atom. The zero-order valence-corrected chi connectivity index (χ0v) is 12.5. The number of nitrogens with zero attached hydrogens (tertiary/aromatic N) is 1. The van der Waals surface area contributed by atoms with Crippen molar-refractivity contribution < 1.29 is 4.79 Å². The van der Waals surface area contributed by atoms with E-state index in [0.717, 1.165) is 17.8 Å². The van der Waals surface area contributed by atoms with Gasteiger partial charge in [-0.15, -0.1) is 0 Å². The molecule has 4 heteroatoms. The summed E-state index contributed by atoms with van der Waals surface area (Å²) < 4.78 is 0. The summed E-state index contributed by atoms with van der Waals surface area (Å²) in [6, 6.07) is 8.51. The van der Waals surface area contributed by atoms with E-state index in [2.05, 4.69) is 21.6 Å². The van der Waals surface area contributed by atoms with Crippen molar-refractivity contribution in [2.45, 2.75) is 38.3 Å². The molecular formula is C16H25N3O. The lowest BCUT2D eigenvalue weighted by Crippen LogP contribution is -2.34. The van der Waals surface area contributed by atoms with Crippen molar-refractivity contribution in [2.75, 3.05) is 26.0 Å². The van der Waals surface area contributed by atoms with Gasteiger partial charge in [-0.3, -0.25) is 4.79 Å². The Labute approximate surface area is 121 Å². The quantitative estimate of drug-likeness (QED) is 0.836. The second-order valence-corrected chi connectivity index (χ2v) is 5.81. The highest BCUT2D eigenvalue weighted by Crippen LogP contribution is 2.18.